The second kappa shape index (κ2) is 8.89. The van der Waals surface area contributed by atoms with E-state index >= 15 is 0 Å². The Bertz CT molecular complexity index is 904. The van der Waals surface area contributed by atoms with Crippen molar-refractivity contribution in [1.29, 1.82) is 0 Å². The highest BCUT2D eigenvalue weighted by Crippen LogP contribution is 2.65. The van der Waals surface area contributed by atoms with Gasteiger partial charge in [-0.05, 0) is 97.9 Å². The van der Waals surface area contributed by atoms with Crippen LogP contribution >= 0.6 is 0 Å². The van der Waals surface area contributed by atoms with Gasteiger partial charge in [0.15, 0.2) is 5.78 Å². The topological polar surface area (TPSA) is 94.8 Å². The van der Waals surface area contributed by atoms with E-state index in [0.29, 0.717) is 37.5 Å². The molecule has 0 radical (unpaired) electrons. The van der Waals surface area contributed by atoms with Gasteiger partial charge in [0.2, 0.25) is 0 Å². The summed E-state index contributed by atoms with van der Waals surface area (Å²) in [6.07, 6.45) is 5.35. The molecular formula is C29H44O5. The summed E-state index contributed by atoms with van der Waals surface area (Å²) in [5.74, 6) is 0.0224. The number of fused-ring (bicyclic) bond motifs is 4. The fraction of sp³-hybridized carbons (Fsp3) is 0.793. The van der Waals surface area contributed by atoms with E-state index in [2.05, 4.69) is 34.3 Å². The van der Waals surface area contributed by atoms with Crippen molar-refractivity contribution in [2.45, 2.75) is 98.2 Å². The fourth-order valence-electron chi connectivity index (χ4n) is 8.68. The van der Waals surface area contributed by atoms with Gasteiger partial charge in [0.1, 0.15) is 0 Å². The highest BCUT2D eigenvalue weighted by molar-refractivity contribution is 5.99. The number of hydrogen-bond acceptors (Lipinski definition) is 4. The van der Waals surface area contributed by atoms with Crippen molar-refractivity contribution in [2.75, 3.05) is 0 Å². The average Bonchev–Trinajstić information content (AvgIpc) is 3.11. The predicted molar refractivity (Wildman–Crippen MR) is 132 cm³/mol. The van der Waals surface area contributed by atoms with Crippen LogP contribution in [0.15, 0.2) is 23.3 Å². The zero-order valence-corrected chi connectivity index (χ0v) is 21.6. The minimum atomic E-state index is -0.828. The van der Waals surface area contributed by atoms with Gasteiger partial charge in [-0.1, -0.05) is 39.8 Å². The number of hydrogen-bond donors (Lipinski definition) is 3. The molecule has 0 bridgehead atoms. The lowest BCUT2D eigenvalue weighted by molar-refractivity contribution is -0.140. The Morgan fingerprint density at radius 3 is 2.50 bits per heavy atom. The van der Waals surface area contributed by atoms with Gasteiger partial charge in [-0.3, -0.25) is 9.59 Å². The smallest absolute Gasteiger partial charge is 0.310 e. The number of carbonyl (C=O) groups is 2. The number of ketones is 1. The van der Waals surface area contributed by atoms with Crippen LogP contribution < -0.4 is 0 Å². The number of aliphatic carboxylic acids is 1. The maximum absolute atomic E-state index is 13.9. The maximum Gasteiger partial charge on any atom is 0.310 e. The van der Waals surface area contributed by atoms with Gasteiger partial charge in [-0.15, -0.1) is 0 Å². The van der Waals surface area contributed by atoms with Crippen molar-refractivity contribution in [3.63, 3.8) is 0 Å². The first kappa shape index (κ1) is 25.6. The van der Waals surface area contributed by atoms with E-state index in [9.17, 15) is 24.9 Å². The average molecular weight is 473 g/mol. The second-order valence-corrected chi connectivity index (χ2v) is 12.6. The number of carbonyl (C=O) groups excluding carboxylic acids is 1. The Kier molecular flexibility index (Phi) is 6.70. The quantitative estimate of drug-likeness (QED) is 0.464. The first-order valence-electron chi connectivity index (χ1n) is 13.4. The maximum atomic E-state index is 13.9. The summed E-state index contributed by atoms with van der Waals surface area (Å²) < 4.78 is 0. The van der Waals surface area contributed by atoms with Crippen molar-refractivity contribution < 1.29 is 24.9 Å². The Morgan fingerprint density at radius 2 is 1.85 bits per heavy atom. The molecule has 0 aliphatic heterocycles. The normalized spacial score (nSPS) is 43.6. The SMILES string of the molecule is C=C(CC[C@@H](C)[C@H]1CC[C@H]2C3=C(C(=O)C[C@]12C)[C@@]1(C)CC[C@@H](O)[C@@H](C)[C@@H]1C[C@@H]3O)[C@@H](C)C(=O)O. The molecule has 4 rings (SSSR count). The van der Waals surface area contributed by atoms with E-state index in [1.165, 1.54) is 0 Å². The van der Waals surface area contributed by atoms with Crippen LogP contribution in [0, 0.1) is 46.3 Å². The highest BCUT2D eigenvalue weighted by Gasteiger charge is 2.61. The number of aliphatic hydroxyl groups excluding tert-OH is 2. The highest BCUT2D eigenvalue weighted by atomic mass is 16.4. The molecule has 0 aromatic heterocycles. The molecule has 2 saturated carbocycles. The summed E-state index contributed by atoms with van der Waals surface area (Å²) >= 11 is 0. The molecule has 3 N–H and O–H groups in total. The molecule has 5 heteroatoms. The predicted octanol–water partition coefficient (Wildman–Crippen LogP) is 5.16. The fourth-order valence-corrected chi connectivity index (χ4v) is 8.68. The summed E-state index contributed by atoms with van der Waals surface area (Å²) in [6.45, 7) is 14.5. The third-order valence-corrected chi connectivity index (χ3v) is 10.9. The summed E-state index contributed by atoms with van der Waals surface area (Å²) in [4.78, 5) is 25.2. The third-order valence-electron chi connectivity index (χ3n) is 10.9. The van der Waals surface area contributed by atoms with Crippen LogP contribution in [0.5, 0.6) is 0 Å². The molecule has 0 unspecified atom stereocenters. The van der Waals surface area contributed by atoms with Crippen LogP contribution in [0.3, 0.4) is 0 Å². The molecule has 0 saturated heterocycles. The number of carboxylic acids is 1. The summed E-state index contributed by atoms with van der Waals surface area (Å²) in [6, 6.07) is 0. The van der Waals surface area contributed by atoms with Crippen molar-refractivity contribution >= 4 is 11.8 Å². The Morgan fingerprint density at radius 1 is 1.18 bits per heavy atom. The van der Waals surface area contributed by atoms with Gasteiger partial charge >= 0.3 is 5.97 Å². The van der Waals surface area contributed by atoms with Crippen LogP contribution in [0.4, 0.5) is 0 Å². The number of rotatable bonds is 6. The largest absolute Gasteiger partial charge is 0.481 e. The molecular weight excluding hydrogens is 428 g/mol. The van der Waals surface area contributed by atoms with Gasteiger partial charge in [-0.2, -0.15) is 0 Å². The van der Waals surface area contributed by atoms with Crippen LogP contribution in [0.2, 0.25) is 0 Å². The Balaban J connectivity index is 1.60. The number of aliphatic hydroxyl groups is 2. The molecule has 4 aliphatic rings. The molecule has 4 aliphatic carbocycles. The van der Waals surface area contributed by atoms with Gasteiger partial charge in [0.05, 0.1) is 18.1 Å². The number of carboxylic acid groups (broad SMARTS) is 1. The lowest BCUT2D eigenvalue weighted by Crippen LogP contribution is -2.54. The standard InChI is InChI=1S/C29H44O5/c1-15(17(3)27(33)34)7-8-16(2)19-9-10-20-25-23(31)13-21-18(4)22(30)11-12-28(21,5)26(25)24(32)14-29(19,20)6/h16-23,30-31H,1,7-14H2,2-6H3,(H,33,34)/t16-,17-,18+,19-,20+,21+,22-,23+,28+,29-/m1/s1. The lowest BCUT2D eigenvalue weighted by Gasteiger charge is -2.57. The van der Waals surface area contributed by atoms with E-state index in [4.69, 9.17) is 0 Å². The van der Waals surface area contributed by atoms with Gasteiger partial charge in [0.25, 0.3) is 0 Å². The summed E-state index contributed by atoms with van der Waals surface area (Å²) in [5, 5.41) is 31.2. The molecule has 10 atom stereocenters. The molecule has 0 heterocycles. The molecule has 2 fully saturated rings. The minimum Gasteiger partial charge on any atom is -0.481 e. The Labute approximate surface area is 204 Å². The monoisotopic (exact) mass is 472 g/mol. The molecule has 0 spiro atoms. The number of Topliss-reactive ketones (excluding diaryl/α,β-unsaturated/α-hetero) is 1. The van der Waals surface area contributed by atoms with E-state index in [1.807, 2.05) is 0 Å². The Hall–Kier alpha value is -1.46. The summed E-state index contributed by atoms with van der Waals surface area (Å²) in [7, 11) is 0. The van der Waals surface area contributed by atoms with E-state index in [1.54, 1.807) is 6.92 Å². The van der Waals surface area contributed by atoms with E-state index in [-0.39, 0.29) is 40.5 Å². The van der Waals surface area contributed by atoms with E-state index in [0.717, 1.165) is 42.4 Å². The zero-order chi connectivity index (χ0) is 25.2. The van der Waals surface area contributed by atoms with Crippen molar-refractivity contribution in [1.82, 2.24) is 0 Å². The molecule has 190 valence electrons. The first-order chi connectivity index (χ1) is 15.8. The van der Waals surface area contributed by atoms with Crippen LogP contribution in [-0.2, 0) is 9.59 Å². The van der Waals surface area contributed by atoms with Crippen LogP contribution in [0.1, 0.15) is 86.0 Å². The second-order valence-electron chi connectivity index (χ2n) is 12.6. The van der Waals surface area contributed by atoms with Crippen molar-refractivity contribution in [3.8, 4) is 0 Å². The molecule has 34 heavy (non-hydrogen) atoms. The first-order valence-corrected chi connectivity index (χ1v) is 13.4. The molecule has 5 nitrogen and oxygen atoms in total. The third kappa shape index (κ3) is 3.82. The molecule has 0 amide bonds. The van der Waals surface area contributed by atoms with Crippen molar-refractivity contribution in [2.24, 2.45) is 46.3 Å². The van der Waals surface area contributed by atoms with Crippen molar-refractivity contribution in [3.05, 3.63) is 23.3 Å². The van der Waals surface area contributed by atoms with Gasteiger partial charge < -0.3 is 15.3 Å². The number of allylic oxidation sites excluding steroid dienone is 1. The minimum absolute atomic E-state index is 0.0844. The van der Waals surface area contributed by atoms with E-state index < -0.39 is 18.0 Å². The molecule has 0 aromatic carbocycles. The van der Waals surface area contributed by atoms with Gasteiger partial charge in [-0.25, -0.2) is 0 Å². The van der Waals surface area contributed by atoms with Crippen LogP contribution in [0.25, 0.3) is 0 Å². The zero-order valence-electron chi connectivity index (χ0n) is 21.6. The lowest BCUT2D eigenvalue weighted by atomic mass is 9.48. The van der Waals surface area contributed by atoms with Gasteiger partial charge in [0, 0.05) is 12.0 Å². The molecule has 0 aromatic rings. The van der Waals surface area contributed by atoms with Crippen LogP contribution in [-0.4, -0.2) is 39.3 Å². The summed E-state index contributed by atoms with van der Waals surface area (Å²) in [5.41, 5.74) is 2.28.